The third kappa shape index (κ3) is 1.87. The van der Waals surface area contributed by atoms with Gasteiger partial charge in [-0.1, -0.05) is 0 Å². The van der Waals surface area contributed by atoms with Crippen LogP contribution >= 0.6 is 0 Å². The Morgan fingerprint density at radius 3 is 2.64 bits per heavy atom. The number of pyridine rings is 1. The van der Waals surface area contributed by atoms with Gasteiger partial charge >= 0.3 is 0 Å². The summed E-state index contributed by atoms with van der Waals surface area (Å²) >= 11 is 0. The number of rotatable bonds is 3. The first-order chi connectivity index (χ1) is 6.56. The molecule has 14 heavy (non-hydrogen) atoms. The fraction of sp³-hybridized carbons (Fsp3) is 0.143. The maximum absolute atomic E-state index is 12.3. The molecule has 0 spiro atoms. The molecule has 0 saturated carbocycles. The average molecular weight is 202 g/mol. The van der Waals surface area contributed by atoms with Gasteiger partial charge in [0, 0.05) is 0 Å². The maximum atomic E-state index is 12.3. The van der Waals surface area contributed by atoms with Gasteiger partial charge in [-0.2, -0.15) is 0 Å². The van der Waals surface area contributed by atoms with E-state index in [4.69, 9.17) is 0 Å². The molecule has 5 nitrogen and oxygen atoms in total. The van der Waals surface area contributed by atoms with E-state index in [2.05, 4.69) is 4.98 Å². The molecule has 0 amide bonds. The Balaban J connectivity index is 3.30. The third-order valence-electron chi connectivity index (χ3n) is 1.49. The van der Waals surface area contributed by atoms with E-state index in [1.165, 1.54) is 0 Å². The number of aldehydes is 1. The van der Waals surface area contributed by atoms with Crippen molar-refractivity contribution in [3.63, 3.8) is 0 Å². The normalized spacial score (nSPS) is 10.2. The third-order valence-corrected chi connectivity index (χ3v) is 1.49. The first-order valence-electron chi connectivity index (χ1n) is 3.44. The molecule has 0 aromatic carbocycles. The van der Waals surface area contributed by atoms with Crippen molar-refractivity contribution in [2.75, 3.05) is 0 Å². The van der Waals surface area contributed by atoms with Gasteiger partial charge in [-0.15, -0.1) is 0 Å². The number of nitrogens with zero attached hydrogens (tertiary/aromatic N) is 2. The molecule has 74 valence electrons. The van der Waals surface area contributed by atoms with Crippen molar-refractivity contribution in [3.05, 3.63) is 33.6 Å². The van der Waals surface area contributed by atoms with E-state index in [0.29, 0.717) is 12.3 Å². The van der Waals surface area contributed by atoms with Crippen LogP contribution in [-0.2, 0) is 0 Å². The van der Waals surface area contributed by atoms with E-state index in [1.54, 1.807) is 0 Å². The van der Waals surface area contributed by atoms with Gasteiger partial charge in [0.25, 0.3) is 12.1 Å². The van der Waals surface area contributed by atoms with Gasteiger partial charge in [-0.25, -0.2) is 13.8 Å². The molecule has 1 aromatic heterocycles. The zero-order valence-corrected chi connectivity index (χ0v) is 6.68. The SMILES string of the molecule is O=Cc1cc(C(F)F)c([N+](=O)[O-])cn1. The monoisotopic (exact) mass is 202 g/mol. The van der Waals surface area contributed by atoms with Crippen LogP contribution in [0.15, 0.2) is 12.3 Å². The quantitative estimate of drug-likeness (QED) is 0.425. The first-order valence-corrected chi connectivity index (χ1v) is 3.44. The van der Waals surface area contributed by atoms with Crippen LogP contribution in [0.5, 0.6) is 0 Å². The zero-order chi connectivity index (χ0) is 10.7. The maximum Gasteiger partial charge on any atom is 0.296 e. The summed E-state index contributed by atoms with van der Waals surface area (Å²) in [7, 11) is 0. The lowest BCUT2D eigenvalue weighted by Crippen LogP contribution is -1.99. The van der Waals surface area contributed by atoms with Crippen LogP contribution in [0.1, 0.15) is 22.5 Å². The van der Waals surface area contributed by atoms with E-state index >= 15 is 0 Å². The molecule has 0 unspecified atom stereocenters. The van der Waals surface area contributed by atoms with Gasteiger partial charge < -0.3 is 0 Å². The molecule has 0 aliphatic heterocycles. The minimum atomic E-state index is -3.00. The average Bonchev–Trinajstić information content (AvgIpc) is 2.16. The second-order valence-corrected chi connectivity index (χ2v) is 2.34. The van der Waals surface area contributed by atoms with Crippen molar-refractivity contribution in [1.29, 1.82) is 0 Å². The van der Waals surface area contributed by atoms with Gasteiger partial charge in [-0.05, 0) is 6.07 Å². The lowest BCUT2D eigenvalue weighted by Gasteiger charge is -2.00. The topological polar surface area (TPSA) is 73.1 Å². The predicted octanol–water partition coefficient (Wildman–Crippen LogP) is 1.74. The fourth-order valence-corrected chi connectivity index (χ4v) is 0.873. The molecule has 1 aromatic rings. The molecule has 0 aliphatic carbocycles. The van der Waals surface area contributed by atoms with Crippen LogP contribution < -0.4 is 0 Å². The zero-order valence-electron chi connectivity index (χ0n) is 6.68. The lowest BCUT2D eigenvalue weighted by molar-refractivity contribution is -0.386. The second kappa shape index (κ2) is 3.86. The first kappa shape index (κ1) is 10.2. The molecule has 0 fully saturated rings. The van der Waals surface area contributed by atoms with E-state index < -0.39 is 22.6 Å². The van der Waals surface area contributed by atoms with Crippen molar-refractivity contribution >= 4 is 12.0 Å². The van der Waals surface area contributed by atoms with Crippen LogP contribution in [0.2, 0.25) is 0 Å². The van der Waals surface area contributed by atoms with Crippen molar-refractivity contribution in [3.8, 4) is 0 Å². The van der Waals surface area contributed by atoms with Crippen molar-refractivity contribution < 1.29 is 18.5 Å². The Bertz CT molecular complexity index is 381. The Morgan fingerprint density at radius 1 is 1.57 bits per heavy atom. The fourth-order valence-electron chi connectivity index (χ4n) is 0.873. The number of hydrogen-bond donors (Lipinski definition) is 0. The van der Waals surface area contributed by atoms with Crippen molar-refractivity contribution in [1.82, 2.24) is 4.98 Å². The molecule has 1 heterocycles. The van der Waals surface area contributed by atoms with Gasteiger partial charge in [-0.3, -0.25) is 14.9 Å². The van der Waals surface area contributed by atoms with E-state index in [9.17, 15) is 23.7 Å². The minimum Gasteiger partial charge on any atom is -0.296 e. The second-order valence-electron chi connectivity index (χ2n) is 2.34. The van der Waals surface area contributed by atoms with Gasteiger partial charge in [0.05, 0.1) is 10.5 Å². The van der Waals surface area contributed by atoms with Crippen LogP contribution in [-0.4, -0.2) is 16.2 Å². The standard InChI is InChI=1S/C7H4F2N2O3/c8-7(9)5-1-4(3-12)10-2-6(5)11(13)14/h1-3,7H. The highest BCUT2D eigenvalue weighted by atomic mass is 19.3. The molecule has 0 radical (unpaired) electrons. The summed E-state index contributed by atoms with van der Waals surface area (Å²) in [6.07, 6.45) is -2.11. The molecule has 0 atom stereocenters. The van der Waals surface area contributed by atoms with E-state index in [0.717, 1.165) is 0 Å². The highest BCUT2D eigenvalue weighted by Gasteiger charge is 2.22. The van der Waals surface area contributed by atoms with Crippen molar-refractivity contribution in [2.24, 2.45) is 0 Å². The molecule has 0 bridgehead atoms. The molecule has 0 N–H and O–H groups in total. The summed E-state index contributed by atoms with van der Waals surface area (Å²) in [6.45, 7) is 0. The Morgan fingerprint density at radius 2 is 2.21 bits per heavy atom. The Kier molecular flexibility index (Phi) is 2.80. The predicted molar refractivity (Wildman–Crippen MR) is 41.2 cm³/mol. The number of carbonyl (C=O) groups excluding carboxylic acids is 1. The van der Waals surface area contributed by atoms with Crippen molar-refractivity contribution in [2.45, 2.75) is 6.43 Å². The smallest absolute Gasteiger partial charge is 0.296 e. The molecular formula is C7H4F2N2O3. The summed E-state index contributed by atoms with van der Waals surface area (Å²) in [4.78, 5) is 22.8. The number of halogens is 2. The molecule has 1 rings (SSSR count). The van der Waals surface area contributed by atoms with Gasteiger partial charge in [0.15, 0.2) is 6.29 Å². The van der Waals surface area contributed by atoms with E-state index in [1.807, 2.05) is 0 Å². The number of alkyl halides is 2. The van der Waals surface area contributed by atoms with Crippen LogP contribution in [0.3, 0.4) is 0 Å². The summed E-state index contributed by atoms with van der Waals surface area (Å²) in [5.41, 5.74) is -1.84. The van der Waals surface area contributed by atoms with E-state index in [-0.39, 0.29) is 12.0 Å². The highest BCUT2D eigenvalue weighted by Crippen LogP contribution is 2.27. The van der Waals surface area contributed by atoms with Crippen LogP contribution in [0, 0.1) is 10.1 Å². The largest absolute Gasteiger partial charge is 0.296 e. The lowest BCUT2D eigenvalue weighted by atomic mass is 10.2. The molecule has 0 aliphatic rings. The van der Waals surface area contributed by atoms with Gasteiger partial charge in [0.2, 0.25) is 0 Å². The Hall–Kier alpha value is -1.92. The molecular weight excluding hydrogens is 198 g/mol. The number of aromatic nitrogens is 1. The summed E-state index contributed by atoms with van der Waals surface area (Å²) in [5.74, 6) is 0. The summed E-state index contributed by atoms with van der Waals surface area (Å²) in [5, 5.41) is 10.3. The minimum absolute atomic E-state index is 0.246. The Labute approximate surface area is 76.5 Å². The highest BCUT2D eigenvalue weighted by molar-refractivity contribution is 5.72. The number of carbonyl (C=O) groups is 1. The number of hydrogen-bond acceptors (Lipinski definition) is 4. The molecule has 7 heteroatoms. The van der Waals surface area contributed by atoms with Gasteiger partial charge in [0.1, 0.15) is 11.9 Å². The molecule has 0 saturated heterocycles. The van der Waals surface area contributed by atoms with Crippen LogP contribution in [0.25, 0.3) is 0 Å². The summed E-state index contributed by atoms with van der Waals surface area (Å²) < 4.78 is 24.5. The summed E-state index contributed by atoms with van der Waals surface area (Å²) in [6, 6.07) is 0.704. The number of nitro groups is 1. The van der Waals surface area contributed by atoms with Crippen LogP contribution in [0.4, 0.5) is 14.5 Å².